The molecule has 3 rings (SSSR count). The van der Waals surface area contributed by atoms with Crippen LogP contribution in [-0.4, -0.2) is 70.8 Å². The maximum absolute atomic E-state index is 12.7. The summed E-state index contributed by atoms with van der Waals surface area (Å²) in [5.41, 5.74) is 0.249. The van der Waals surface area contributed by atoms with Gasteiger partial charge in [0.25, 0.3) is 17.7 Å². The number of likely N-dealkylation sites (tertiary alicyclic amines) is 1. The number of halogens is 1. The number of hydrogen-bond acceptors (Lipinski definition) is 5. The van der Waals surface area contributed by atoms with Gasteiger partial charge >= 0.3 is 6.09 Å². The predicted octanol–water partition coefficient (Wildman–Crippen LogP) is 2.65. The summed E-state index contributed by atoms with van der Waals surface area (Å²) in [6, 6.07) is 4.48. The number of imide groups is 1. The first-order valence-corrected chi connectivity index (χ1v) is 10.5. The van der Waals surface area contributed by atoms with Crippen LogP contribution < -0.4 is 5.32 Å². The second kappa shape index (κ2) is 8.63. The Morgan fingerprint density at radius 1 is 1.13 bits per heavy atom. The van der Waals surface area contributed by atoms with Crippen molar-refractivity contribution >= 4 is 35.4 Å². The standard InChI is InChI=1S/C21H26ClN3O5/c1-21(2,3)25-18(27)15-5-4-13(12-16(15)19(25)28)17(26)23-14-6-9-24(10-7-14)20(29)30-11-8-22/h4-5,12,14H,6-11H2,1-3H3,(H,23,26). The van der Waals surface area contributed by atoms with Crippen LogP contribution in [0.4, 0.5) is 4.79 Å². The van der Waals surface area contributed by atoms with E-state index in [0.29, 0.717) is 37.1 Å². The molecular weight excluding hydrogens is 410 g/mol. The highest BCUT2D eigenvalue weighted by atomic mass is 35.5. The number of benzene rings is 1. The Balaban J connectivity index is 1.62. The first-order valence-electron chi connectivity index (χ1n) is 9.95. The summed E-state index contributed by atoms with van der Waals surface area (Å²) in [4.78, 5) is 52.6. The third kappa shape index (κ3) is 4.43. The molecule has 2 aliphatic rings. The van der Waals surface area contributed by atoms with E-state index in [9.17, 15) is 19.2 Å². The summed E-state index contributed by atoms with van der Waals surface area (Å²) in [7, 11) is 0. The molecule has 0 unspecified atom stereocenters. The molecule has 1 aromatic carbocycles. The second-order valence-corrected chi connectivity index (χ2v) is 8.79. The normalized spacial score (nSPS) is 17.2. The molecule has 4 amide bonds. The molecular formula is C21H26ClN3O5. The molecule has 1 saturated heterocycles. The van der Waals surface area contributed by atoms with Crippen LogP contribution >= 0.6 is 11.6 Å². The minimum Gasteiger partial charge on any atom is -0.448 e. The highest BCUT2D eigenvalue weighted by Crippen LogP contribution is 2.30. The quantitative estimate of drug-likeness (QED) is 0.579. The number of carbonyl (C=O) groups is 4. The lowest BCUT2D eigenvalue weighted by atomic mass is 10.0. The second-order valence-electron chi connectivity index (χ2n) is 8.42. The van der Waals surface area contributed by atoms with Gasteiger partial charge in [0, 0.05) is 30.2 Å². The molecule has 0 radical (unpaired) electrons. The van der Waals surface area contributed by atoms with Crippen LogP contribution in [-0.2, 0) is 4.74 Å². The molecule has 30 heavy (non-hydrogen) atoms. The molecule has 162 valence electrons. The highest BCUT2D eigenvalue weighted by molar-refractivity contribution is 6.22. The fourth-order valence-corrected chi connectivity index (χ4v) is 3.76. The number of carbonyl (C=O) groups excluding carboxylic acids is 4. The van der Waals surface area contributed by atoms with E-state index < -0.39 is 11.6 Å². The van der Waals surface area contributed by atoms with Crippen molar-refractivity contribution in [2.45, 2.75) is 45.2 Å². The first-order chi connectivity index (χ1) is 14.1. The van der Waals surface area contributed by atoms with Crippen molar-refractivity contribution in [2.24, 2.45) is 0 Å². The van der Waals surface area contributed by atoms with Gasteiger partial charge in [0.05, 0.1) is 17.0 Å². The van der Waals surface area contributed by atoms with E-state index in [4.69, 9.17) is 16.3 Å². The van der Waals surface area contributed by atoms with Crippen molar-refractivity contribution in [3.8, 4) is 0 Å². The van der Waals surface area contributed by atoms with Crippen molar-refractivity contribution in [2.75, 3.05) is 25.6 Å². The third-order valence-electron chi connectivity index (χ3n) is 5.21. The molecule has 1 aromatic rings. The molecule has 0 saturated carbocycles. The third-order valence-corrected chi connectivity index (χ3v) is 5.36. The van der Waals surface area contributed by atoms with Gasteiger partial charge in [-0.2, -0.15) is 0 Å². The van der Waals surface area contributed by atoms with E-state index in [1.807, 2.05) is 0 Å². The van der Waals surface area contributed by atoms with Gasteiger partial charge in [-0.1, -0.05) is 0 Å². The zero-order valence-corrected chi connectivity index (χ0v) is 18.1. The van der Waals surface area contributed by atoms with Gasteiger partial charge in [-0.25, -0.2) is 4.79 Å². The first kappa shape index (κ1) is 22.1. The van der Waals surface area contributed by atoms with E-state index in [1.54, 1.807) is 31.7 Å². The molecule has 8 nitrogen and oxygen atoms in total. The lowest BCUT2D eigenvalue weighted by Gasteiger charge is -2.31. The Kier molecular flexibility index (Phi) is 6.36. The van der Waals surface area contributed by atoms with Crippen LogP contribution in [0.1, 0.15) is 64.7 Å². The zero-order valence-electron chi connectivity index (χ0n) is 17.4. The average Bonchev–Trinajstić information content (AvgIpc) is 2.96. The van der Waals surface area contributed by atoms with E-state index >= 15 is 0 Å². The number of piperidine rings is 1. The Morgan fingerprint density at radius 3 is 2.37 bits per heavy atom. The van der Waals surface area contributed by atoms with Crippen LogP contribution in [0.25, 0.3) is 0 Å². The molecule has 0 aromatic heterocycles. The fraction of sp³-hybridized carbons (Fsp3) is 0.524. The summed E-state index contributed by atoms with van der Waals surface area (Å²) in [6.07, 6.45) is 0.801. The van der Waals surface area contributed by atoms with E-state index in [2.05, 4.69) is 5.32 Å². The average molecular weight is 436 g/mol. The SMILES string of the molecule is CC(C)(C)N1C(=O)c2ccc(C(=O)NC3CCN(C(=O)OCCCl)CC3)cc2C1=O. The number of nitrogens with zero attached hydrogens (tertiary/aromatic N) is 2. The summed E-state index contributed by atoms with van der Waals surface area (Å²) < 4.78 is 5.01. The molecule has 1 fully saturated rings. The van der Waals surface area contributed by atoms with Gasteiger partial charge in [0.1, 0.15) is 6.61 Å². The molecule has 0 atom stereocenters. The number of fused-ring (bicyclic) bond motifs is 1. The van der Waals surface area contributed by atoms with Crippen LogP contribution in [0, 0.1) is 0 Å². The minimum atomic E-state index is -0.644. The summed E-state index contributed by atoms with van der Waals surface area (Å²) >= 11 is 5.52. The number of rotatable bonds is 4. The maximum atomic E-state index is 12.7. The van der Waals surface area contributed by atoms with E-state index in [1.165, 1.54) is 17.0 Å². The van der Waals surface area contributed by atoms with Gasteiger partial charge in [0.15, 0.2) is 0 Å². The molecule has 2 aliphatic heterocycles. The van der Waals surface area contributed by atoms with Gasteiger partial charge in [-0.3, -0.25) is 19.3 Å². The minimum absolute atomic E-state index is 0.0914. The van der Waals surface area contributed by atoms with Crippen LogP contribution in [0.15, 0.2) is 18.2 Å². The van der Waals surface area contributed by atoms with Gasteiger partial charge in [-0.15, -0.1) is 11.6 Å². The van der Waals surface area contributed by atoms with Crippen LogP contribution in [0.3, 0.4) is 0 Å². The fourth-order valence-electron chi connectivity index (χ4n) is 3.68. The molecule has 0 bridgehead atoms. The molecule has 0 spiro atoms. The molecule has 9 heteroatoms. The number of hydrogen-bond donors (Lipinski definition) is 1. The Bertz CT molecular complexity index is 872. The van der Waals surface area contributed by atoms with Gasteiger partial charge in [-0.05, 0) is 51.8 Å². The maximum Gasteiger partial charge on any atom is 0.409 e. The van der Waals surface area contributed by atoms with E-state index in [0.717, 1.165) is 0 Å². The topological polar surface area (TPSA) is 96.0 Å². The van der Waals surface area contributed by atoms with Gasteiger partial charge < -0.3 is 15.0 Å². The van der Waals surface area contributed by atoms with Crippen molar-refractivity contribution in [3.05, 3.63) is 34.9 Å². The smallest absolute Gasteiger partial charge is 0.409 e. The summed E-state index contributed by atoms with van der Waals surface area (Å²) in [5, 5.41) is 2.95. The Morgan fingerprint density at radius 2 is 1.77 bits per heavy atom. The Hall–Kier alpha value is -2.61. The molecule has 1 N–H and O–H groups in total. The lowest BCUT2D eigenvalue weighted by Crippen LogP contribution is -2.46. The zero-order chi connectivity index (χ0) is 22.1. The van der Waals surface area contributed by atoms with Crippen molar-refractivity contribution in [1.29, 1.82) is 0 Å². The lowest BCUT2D eigenvalue weighted by molar-refractivity contribution is 0.0507. The van der Waals surface area contributed by atoms with Crippen LogP contribution in [0.5, 0.6) is 0 Å². The number of ether oxygens (including phenoxy) is 1. The Labute approximate surface area is 180 Å². The van der Waals surface area contributed by atoms with Gasteiger partial charge in [0.2, 0.25) is 0 Å². The van der Waals surface area contributed by atoms with Crippen LogP contribution in [0.2, 0.25) is 0 Å². The predicted molar refractivity (Wildman–Crippen MR) is 111 cm³/mol. The molecule has 2 heterocycles. The number of alkyl halides is 1. The monoisotopic (exact) mass is 435 g/mol. The highest BCUT2D eigenvalue weighted by Gasteiger charge is 2.42. The van der Waals surface area contributed by atoms with Crippen molar-refractivity contribution in [3.63, 3.8) is 0 Å². The summed E-state index contributed by atoms with van der Waals surface area (Å²) in [6.45, 7) is 6.50. The van der Waals surface area contributed by atoms with Crippen molar-refractivity contribution < 1.29 is 23.9 Å². The molecule has 0 aliphatic carbocycles. The number of amides is 4. The number of nitrogens with one attached hydrogen (secondary N) is 1. The summed E-state index contributed by atoms with van der Waals surface area (Å²) in [5.74, 6) is -0.792. The van der Waals surface area contributed by atoms with Crippen molar-refractivity contribution in [1.82, 2.24) is 15.1 Å². The largest absolute Gasteiger partial charge is 0.448 e. The van der Waals surface area contributed by atoms with E-state index in [-0.39, 0.29) is 41.8 Å².